The Balaban J connectivity index is 1.81. The molecule has 1 atom stereocenters. The highest BCUT2D eigenvalue weighted by atomic mass is 79.9. The van der Waals surface area contributed by atoms with Gasteiger partial charge in [0.2, 0.25) is 5.91 Å². The fourth-order valence-electron chi connectivity index (χ4n) is 2.76. The standard InChI is InChI=1S/C16H24BrN3O/c1-11-9-14(3-4-15(11)17)19-16(21)10-20-7-5-13(6-8-20)12(2)18/h3-4,9,12-13H,5-8,10,18H2,1-2H3,(H,19,21). The Morgan fingerprint density at radius 2 is 2.14 bits per heavy atom. The van der Waals surface area contributed by atoms with Crippen molar-refractivity contribution in [2.75, 3.05) is 25.0 Å². The molecule has 0 bridgehead atoms. The van der Waals surface area contributed by atoms with Crippen LogP contribution in [0.15, 0.2) is 22.7 Å². The lowest BCUT2D eigenvalue weighted by Crippen LogP contribution is -2.42. The van der Waals surface area contributed by atoms with E-state index in [1.165, 1.54) is 0 Å². The number of anilines is 1. The van der Waals surface area contributed by atoms with E-state index in [1.54, 1.807) is 0 Å². The van der Waals surface area contributed by atoms with Gasteiger partial charge in [-0.1, -0.05) is 15.9 Å². The summed E-state index contributed by atoms with van der Waals surface area (Å²) >= 11 is 3.46. The van der Waals surface area contributed by atoms with Gasteiger partial charge in [0.1, 0.15) is 0 Å². The Bertz CT molecular complexity index is 496. The Morgan fingerprint density at radius 3 is 2.71 bits per heavy atom. The summed E-state index contributed by atoms with van der Waals surface area (Å²) in [6.07, 6.45) is 2.17. The highest BCUT2D eigenvalue weighted by molar-refractivity contribution is 9.10. The molecule has 3 N–H and O–H groups in total. The largest absolute Gasteiger partial charge is 0.328 e. The molecule has 1 aliphatic heterocycles. The quantitative estimate of drug-likeness (QED) is 0.874. The number of hydrogen-bond donors (Lipinski definition) is 2. The number of rotatable bonds is 4. The van der Waals surface area contributed by atoms with Crippen molar-refractivity contribution >= 4 is 27.5 Å². The van der Waals surface area contributed by atoms with E-state index in [2.05, 4.69) is 33.1 Å². The van der Waals surface area contributed by atoms with Crippen LogP contribution in [-0.2, 0) is 4.79 Å². The molecule has 1 aromatic carbocycles. The van der Waals surface area contributed by atoms with Gasteiger partial charge in [-0.3, -0.25) is 9.69 Å². The number of piperidine rings is 1. The molecule has 0 aliphatic carbocycles. The molecule has 116 valence electrons. The van der Waals surface area contributed by atoms with Crippen LogP contribution in [0.3, 0.4) is 0 Å². The highest BCUT2D eigenvalue weighted by Crippen LogP contribution is 2.21. The molecule has 0 saturated carbocycles. The molecule has 1 saturated heterocycles. The number of hydrogen-bond acceptors (Lipinski definition) is 3. The first-order chi connectivity index (χ1) is 9.95. The molecule has 0 radical (unpaired) electrons. The van der Waals surface area contributed by atoms with Crippen molar-refractivity contribution in [1.29, 1.82) is 0 Å². The second kappa shape index (κ2) is 7.38. The lowest BCUT2D eigenvalue weighted by Gasteiger charge is -2.33. The van der Waals surface area contributed by atoms with E-state index in [9.17, 15) is 4.79 Å². The maximum Gasteiger partial charge on any atom is 0.238 e. The topological polar surface area (TPSA) is 58.4 Å². The SMILES string of the molecule is Cc1cc(NC(=O)CN2CCC(C(C)N)CC2)ccc1Br. The van der Waals surface area contributed by atoms with Crippen LogP contribution in [0.25, 0.3) is 0 Å². The summed E-state index contributed by atoms with van der Waals surface area (Å²) in [7, 11) is 0. The number of halogens is 1. The fraction of sp³-hybridized carbons (Fsp3) is 0.562. The van der Waals surface area contributed by atoms with Crippen LogP contribution in [0.5, 0.6) is 0 Å². The van der Waals surface area contributed by atoms with E-state index in [1.807, 2.05) is 25.1 Å². The molecule has 1 heterocycles. The van der Waals surface area contributed by atoms with Crippen molar-refractivity contribution < 1.29 is 4.79 Å². The molecule has 1 aromatic rings. The minimum atomic E-state index is 0.0518. The van der Waals surface area contributed by atoms with Crippen molar-refractivity contribution in [2.45, 2.75) is 32.7 Å². The minimum absolute atomic E-state index is 0.0518. The third-order valence-corrected chi connectivity index (χ3v) is 5.07. The zero-order valence-electron chi connectivity index (χ0n) is 12.7. The van der Waals surface area contributed by atoms with Crippen LogP contribution < -0.4 is 11.1 Å². The van der Waals surface area contributed by atoms with Gasteiger partial charge in [-0.05, 0) is 69.5 Å². The van der Waals surface area contributed by atoms with E-state index in [0.29, 0.717) is 12.5 Å². The summed E-state index contributed by atoms with van der Waals surface area (Å²) in [5.74, 6) is 0.648. The van der Waals surface area contributed by atoms with Crippen LogP contribution in [-0.4, -0.2) is 36.5 Å². The van der Waals surface area contributed by atoms with Gasteiger partial charge in [-0.25, -0.2) is 0 Å². The van der Waals surface area contributed by atoms with Gasteiger partial charge in [-0.15, -0.1) is 0 Å². The summed E-state index contributed by atoms with van der Waals surface area (Å²) in [4.78, 5) is 14.3. The monoisotopic (exact) mass is 353 g/mol. The van der Waals surface area contributed by atoms with Gasteiger partial charge in [0.05, 0.1) is 6.54 Å². The van der Waals surface area contributed by atoms with Crippen molar-refractivity contribution in [2.24, 2.45) is 11.7 Å². The number of nitrogens with two attached hydrogens (primary N) is 1. The Kier molecular flexibility index (Phi) is 5.79. The van der Waals surface area contributed by atoms with E-state index in [0.717, 1.165) is 41.7 Å². The van der Waals surface area contributed by atoms with Crippen LogP contribution in [0.4, 0.5) is 5.69 Å². The lowest BCUT2D eigenvalue weighted by atomic mass is 9.91. The van der Waals surface area contributed by atoms with Gasteiger partial charge in [0, 0.05) is 16.2 Å². The van der Waals surface area contributed by atoms with Gasteiger partial charge in [0.25, 0.3) is 0 Å². The average molecular weight is 354 g/mol. The third-order valence-electron chi connectivity index (χ3n) is 4.18. The molecule has 4 nitrogen and oxygen atoms in total. The van der Waals surface area contributed by atoms with Crippen molar-refractivity contribution in [1.82, 2.24) is 4.90 Å². The zero-order chi connectivity index (χ0) is 15.4. The number of nitrogens with one attached hydrogen (secondary N) is 1. The maximum atomic E-state index is 12.1. The van der Waals surface area contributed by atoms with Crippen LogP contribution in [0.1, 0.15) is 25.3 Å². The first kappa shape index (κ1) is 16.5. The van der Waals surface area contributed by atoms with Gasteiger partial charge >= 0.3 is 0 Å². The Labute approximate surface area is 135 Å². The predicted molar refractivity (Wildman–Crippen MR) is 90.3 cm³/mol. The first-order valence-electron chi connectivity index (χ1n) is 7.49. The zero-order valence-corrected chi connectivity index (χ0v) is 14.3. The summed E-state index contributed by atoms with van der Waals surface area (Å²) in [6, 6.07) is 6.10. The van der Waals surface area contributed by atoms with Gasteiger partial charge in [-0.2, -0.15) is 0 Å². The molecule has 21 heavy (non-hydrogen) atoms. The van der Waals surface area contributed by atoms with Crippen molar-refractivity contribution in [3.05, 3.63) is 28.2 Å². The second-order valence-corrected chi connectivity index (χ2v) is 6.84. The molecule has 1 amide bonds. The Morgan fingerprint density at radius 1 is 1.48 bits per heavy atom. The fourth-order valence-corrected chi connectivity index (χ4v) is 3.01. The molecule has 0 aromatic heterocycles. The lowest BCUT2D eigenvalue weighted by molar-refractivity contribution is -0.117. The second-order valence-electron chi connectivity index (χ2n) is 5.98. The molecule has 2 rings (SSSR count). The number of aryl methyl sites for hydroxylation is 1. The van der Waals surface area contributed by atoms with E-state index >= 15 is 0 Å². The summed E-state index contributed by atoms with van der Waals surface area (Å²) < 4.78 is 1.05. The smallest absolute Gasteiger partial charge is 0.238 e. The van der Waals surface area contributed by atoms with Gasteiger partial charge < -0.3 is 11.1 Å². The van der Waals surface area contributed by atoms with E-state index in [4.69, 9.17) is 5.73 Å². The van der Waals surface area contributed by atoms with Crippen LogP contribution in [0.2, 0.25) is 0 Å². The van der Waals surface area contributed by atoms with Crippen LogP contribution >= 0.6 is 15.9 Å². The maximum absolute atomic E-state index is 12.1. The summed E-state index contributed by atoms with van der Waals surface area (Å²) in [6.45, 7) is 6.46. The first-order valence-corrected chi connectivity index (χ1v) is 8.29. The van der Waals surface area contributed by atoms with Crippen LogP contribution in [0, 0.1) is 12.8 Å². The van der Waals surface area contributed by atoms with E-state index < -0.39 is 0 Å². The summed E-state index contributed by atoms with van der Waals surface area (Å²) in [5, 5.41) is 2.97. The third kappa shape index (κ3) is 4.80. The normalized spacial score (nSPS) is 18.5. The molecule has 1 fully saturated rings. The highest BCUT2D eigenvalue weighted by Gasteiger charge is 2.23. The number of nitrogens with zero attached hydrogens (tertiary/aromatic N) is 1. The predicted octanol–water partition coefficient (Wildman–Crippen LogP) is 2.76. The number of carbonyl (C=O) groups is 1. The molecular formula is C16H24BrN3O. The molecular weight excluding hydrogens is 330 g/mol. The number of likely N-dealkylation sites (tertiary alicyclic amines) is 1. The van der Waals surface area contributed by atoms with Gasteiger partial charge in [0.15, 0.2) is 0 Å². The average Bonchev–Trinajstić information content (AvgIpc) is 2.43. The number of carbonyl (C=O) groups excluding carboxylic acids is 1. The van der Waals surface area contributed by atoms with Crippen molar-refractivity contribution in [3.8, 4) is 0 Å². The van der Waals surface area contributed by atoms with Crippen molar-refractivity contribution in [3.63, 3.8) is 0 Å². The summed E-state index contributed by atoms with van der Waals surface area (Å²) in [5.41, 5.74) is 7.91. The minimum Gasteiger partial charge on any atom is -0.328 e. The van der Waals surface area contributed by atoms with E-state index in [-0.39, 0.29) is 11.9 Å². The molecule has 1 unspecified atom stereocenters. The number of benzene rings is 1. The Hall–Kier alpha value is -0.910. The molecule has 1 aliphatic rings. The number of amides is 1. The molecule has 0 spiro atoms. The molecule has 5 heteroatoms.